The number of rotatable bonds is 4. The van der Waals surface area contributed by atoms with E-state index in [0.717, 1.165) is 37.1 Å². The molecular weight excluding hydrogens is 292 g/mol. The molecule has 0 radical (unpaired) electrons. The fraction of sp³-hybridized carbons (Fsp3) is 0.786. The van der Waals surface area contributed by atoms with Gasteiger partial charge in [-0.25, -0.2) is 13.4 Å². The first-order valence-corrected chi connectivity index (χ1v) is 10.0. The monoisotopic (exact) mass is 314 g/mol. The first kappa shape index (κ1) is 14.5. The van der Waals surface area contributed by atoms with E-state index in [1.807, 2.05) is 5.38 Å². The van der Waals surface area contributed by atoms with E-state index in [1.54, 1.807) is 21.8 Å². The van der Waals surface area contributed by atoms with Crippen LogP contribution in [-0.2, 0) is 10.0 Å². The summed E-state index contributed by atoms with van der Waals surface area (Å²) in [5.41, 5.74) is 0. The zero-order valence-electron chi connectivity index (χ0n) is 11.7. The van der Waals surface area contributed by atoms with Gasteiger partial charge in [0, 0.05) is 18.1 Å². The molecule has 0 N–H and O–H groups in total. The highest BCUT2D eigenvalue weighted by atomic mass is 32.2. The van der Waals surface area contributed by atoms with Crippen LogP contribution in [0.3, 0.4) is 0 Å². The van der Waals surface area contributed by atoms with Crippen molar-refractivity contribution in [1.29, 1.82) is 0 Å². The van der Waals surface area contributed by atoms with Crippen LogP contribution < -0.4 is 0 Å². The Morgan fingerprint density at radius 2 is 1.95 bits per heavy atom. The molecule has 112 valence electrons. The number of hydrogen-bond acceptors (Lipinski definition) is 4. The average molecular weight is 314 g/mol. The first-order valence-electron chi connectivity index (χ1n) is 7.56. The third kappa shape index (κ3) is 3.07. The van der Waals surface area contributed by atoms with Gasteiger partial charge < -0.3 is 0 Å². The second-order valence-electron chi connectivity index (χ2n) is 5.92. The lowest BCUT2D eigenvalue weighted by atomic mass is 10.1. The summed E-state index contributed by atoms with van der Waals surface area (Å²) in [6.45, 7) is 0.666. The summed E-state index contributed by atoms with van der Waals surface area (Å²) in [7, 11) is -3.14. The molecule has 1 aromatic heterocycles. The minimum atomic E-state index is -3.14. The van der Waals surface area contributed by atoms with Crippen LogP contribution in [0.1, 0.15) is 56.0 Å². The zero-order chi connectivity index (χ0) is 14.0. The molecule has 0 amide bonds. The predicted octanol–water partition coefficient (Wildman–Crippen LogP) is 3.19. The van der Waals surface area contributed by atoms with Gasteiger partial charge in [0.2, 0.25) is 10.0 Å². The largest absolute Gasteiger partial charge is 0.248 e. The van der Waals surface area contributed by atoms with Crippen LogP contribution in [-0.4, -0.2) is 30.0 Å². The van der Waals surface area contributed by atoms with E-state index < -0.39 is 10.0 Å². The van der Waals surface area contributed by atoms with Gasteiger partial charge in [0.05, 0.1) is 11.8 Å². The summed E-state index contributed by atoms with van der Waals surface area (Å²) in [6.07, 6.45) is 9.30. The standard InChI is InChI=1S/C14H22N2O2S2/c17-20(18,11-12-5-1-2-6-12)16-9-4-3-7-13(16)14-15-8-10-19-14/h8,10,12-13H,1-7,9,11H2/t13-/m1/s1. The summed E-state index contributed by atoms with van der Waals surface area (Å²) in [6, 6.07) is -0.0184. The molecule has 2 aliphatic rings. The van der Waals surface area contributed by atoms with E-state index in [0.29, 0.717) is 18.2 Å². The molecule has 2 heterocycles. The van der Waals surface area contributed by atoms with E-state index >= 15 is 0 Å². The second-order valence-corrected chi connectivity index (χ2v) is 8.81. The number of piperidine rings is 1. The van der Waals surface area contributed by atoms with Gasteiger partial charge >= 0.3 is 0 Å². The smallest absolute Gasteiger partial charge is 0.215 e. The molecule has 0 aromatic carbocycles. The van der Waals surface area contributed by atoms with Crippen molar-refractivity contribution in [2.24, 2.45) is 5.92 Å². The summed E-state index contributed by atoms with van der Waals surface area (Å²) in [5, 5.41) is 2.89. The van der Waals surface area contributed by atoms with Gasteiger partial charge in [-0.1, -0.05) is 19.3 Å². The van der Waals surface area contributed by atoms with E-state index in [-0.39, 0.29) is 6.04 Å². The maximum Gasteiger partial charge on any atom is 0.215 e. The Morgan fingerprint density at radius 1 is 1.20 bits per heavy atom. The second kappa shape index (κ2) is 6.12. The predicted molar refractivity (Wildman–Crippen MR) is 81.2 cm³/mol. The Balaban J connectivity index is 1.78. The molecule has 1 aliphatic heterocycles. The van der Waals surface area contributed by atoms with Gasteiger partial charge in [-0.15, -0.1) is 11.3 Å². The van der Waals surface area contributed by atoms with Crippen molar-refractivity contribution in [1.82, 2.24) is 9.29 Å². The number of thiazole rings is 1. The number of nitrogens with zero attached hydrogens (tertiary/aromatic N) is 2. The van der Waals surface area contributed by atoms with E-state index in [9.17, 15) is 8.42 Å². The van der Waals surface area contributed by atoms with Crippen LogP contribution in [0.5, 0.6) is 0 Å². The molecule has 0 spiro atoms. The number of hydrogen-bond donors (Lipinski definition) is 0. The lowest BCUT2D eigenvalue weighted by Gasteiger charge is -2.34. The van der Waals surface area contributed by atoms with Crippen LogP contribution in [0, 0.1) is 5.92 Å². The molecule has 1 aliphatic carbocycles. The maximum atomic E-state index is 12.7. The third-order valence-corrected chi connectivity index (χ3v) is 7.39. The Hall–Kier alpha value is -0.460. The van der Waals surface area contributed by atoms with Crippen molar-refractivity contribution in [3.05, 3.63) is 16.6 Å². The Kier molecular flexibility index (Phi) is 4.43. The minimum absolute atomic E-state index is 0.0184. The molecule has 0 unspecified atom stereocenters. The highest BCUT2D eigenvalue weighted by Gasteiger charge is 2.36. The van der Waals surface area contributed by atoms with Crippen molar-refractivity contribution in [3.63, 3.8) is 0 Å². The van der Waals surface area contributed by atoms with Crippen molar-refractivity contribution in [3.8, 4) is 0 Å². The topological polar surface area (TPSA) is 50.3 Å². The molecule has 3 rings (SSSR count). The fourth-order valence-electron chi connectivity index (χ4n) is 3.45. The summed E-state index contributed by atoms with van der Waals surface area (Å²) in [5.74, 6) is 0.716. The minimum Gasteiger partial charge on any atom is -0.248 e. The molecule has 1 saturated heterocycles. The molecule has 2 fully saturated rings. The molecule has 20 heavy (non-hydrogen) atoms. The third-order valence-electron chi connectivity index (χ3n) is 4.47. The highest BCUT2D eigenvalue weighted by Crippen LogP contribution is 2.36. The van der Waals surface area contributed by atoms with Crippen LogP contribution >= 0.6 is 11.3 Å². The van der Waals surface area contributed by atoms with Crippen molar-refractivity contribution in [2.75, 3.05) is 12.3 Å². The quantitative estimate of drug-likeness (QED) is 0.857. The molecular formula is C14H22N2O2S2. The van der Waals surface area contributed by atoms with Crippen LogP contribution in [0.15, 0.2) is 11.6 Å². The lowest BCUT2D eigenvalue weighted by Crippen LogP contribution is -2.40. The summed E-state index contributed by atoms with van der Waals surface area (Å²) >= 11 is 1.57. The molecule has 1 saturated carbocycles. The van der Waals surface area contributed by atoms with E-state index in [4.69, 9.17) is 0 Å². The van der Waals surface area contributed by atoms with Gasteiger partial charge in [-0.2, -0.15) is 4.31 Å². The van der Waals surface area contributed by atoms with Gasteiger partial charge in [-0.05, 0) is 31.6 Å². The van der Waals surface area contributed by atoms with Crippen molar-refractivity contribution in [2.45, 2.75) is 51.0 Å². The van der Waals surface area contributed by atoms with E-state index in [1.165, 1.54) is 12.8 Å². The zero-order valence-corrected chi connectivity index (χ0v) is 13.3. The Morgan fingerprint density at radius 3 is 2.65 bits per heavy atom. The van der Waals surface area contributed by atoms with Gasteiger partial charge in [-0.3, -0.25) is 0 Å². The normalized spacial score (nSPS) is 26.1. The van der Waals surface area contributed by atoms with E-state index in [2.05, 4.69) is 4.98 Å². The maximum absolute atomic E-state index is 12.7. The SMILES string of the molecule is O=S(=O)(CC1CCCC1)N1CCCC[C@@H]1c1nccs1. The van der Waals surface area contributed by atoms with Crippen LogP contribution in [0.2, 0.25) is 0 Å². The van der Waals surface area contributed by atoms with Gasteiger partial charge in [0.1, 0.15) is 5.01 Å². The molecule has 6 heteroatoms. The molecule has 1 atom stereocenters. The number of aromatic nitrogens is 1. The summed E-state index contributed by atoms with van der Waals surface area (Å²) < 4.78 is 27.2. The molecule has 0 bridgehead atoms. The van der Waals surface area contributed by atoms with Gasteiger partial charge in [0.25, 0.3) is 0 Å². The molecule has 4 nitrogen and oxygen atoms in total. The lowest BCUT2D eigenvalue weighted by molar-refractivity contribution is 0.254. The van der Waals surface area contributed by atoms with Crippen molar-refractivity contribution < 1.29 is 8.42 Å². The average Bonchev–Trinajstić information content (AvgIpc) is 3.11. The van der Waals surface area contributed by atoms with Crippen molar-refractivity contribution >= 4 is 21.4 Å². The van der Waals surface area contributed by atoms with Gasteiger partial charge in [0.15, 0.2) is 0 Å². The fourth-order valence-corrected chi connectivity index (χ4v) is 6.43. The highest BCUT2D eigenvalue weighted by molar-refractivity contribution is 7.89. The summed E-state index contributed by atoms with van der Waals surface area (Å²) in [4.78, 5) is 4.35. The van der Waals surface area contributed by atoms with Crippen LogP contribution in [0.25, 0.3) is 0 Å². The molecule has 1 aromatic rings. The number of sulfonamides is 1. The Bertz CT molecular complexity index is 521. The first-order chi connectivity index (χ1) is 9.67. The Labute approximate surface area is 125 Å². The van der Waals surface area contributed by atoms with Crippen LogP contribution in [0.4, 0.5) is 0 Å².